The van der Waals surface area contributed by atoms with Crippen molar-refractivity contribution in [1.29, 1.82) is 0 Å². The van der Waals surface area contributed by atoms with Gasteiger partial charge in [-0.3, -0.25) is 0 Å². The molecule has 0 atom stereocenters. The van der Waals surface area contributed by atoms with Gasteiger partial charge in [0.05, 0.1) is 0 Å². The normalized spacial score (nSPS) is 11.8. The number of hydrogen-bond donors (Lipinski definition) is 0. The van der Waals surface area contributed by atoms with Gasteiger partial charge >= 0.3 is 201 Å². The Hall–Kier alpha value is -1.76. The van der Waals surface area contributed by atoms with Gasteiger partial charge in [0.15, 0.2) is 0 Å². The molecule has 4 aromatic carbocycles. The van der Waals surface area contributed by atoms with E-state index in [1.165, 1.54) is 29.0 Å². The van der Waals surface area contributed by atoms with Crippen molar-refractivity contribution in [2.45, 2.75) is 0 Å². The van der Waals surface area contributed by atoms with E-state index in [4.69, 9.17) is 23.2 Å². The van der Waals surface area contributed by atoms with Crippen molar-refractivity contribution in [3.8, 4) is 0 Å². The Morgan fingerprint density at radius 2 is 0.767 bits per heavy atom. The molecule has 4 aromatic rings. The molecule has 0 aliphatic heterocycles. The van der Waals surface area contributed by atoms with Crippen molar-refractivity contribution in [3.05, 3.63) is 130 Å². The molecule has 0 spiro atoms. The molecule has 0 unspecified atom stereocenters. The van der Waals surface area contributed by atoms with Gasteiger partial charge in [-0.2, -0.15) is 0 Å². The summed E-state index contributed by atoms with van der Waals surface area (Å²) in [5, 5.41) is 1.54. The summed E-state index contributed by atoms with van der Waals surface area (Å²) in [6, 6.07) is 38.0. The van der Waals surface area contributed by atoms with Crippen LogP contribution in [0.5, 0.6) is 0 Å². The van der Waals surface area contributed by atoms with Crippen LogP contribution in [0, 0.1) is 0 Å². The van der Waals surface area contributed by atoms with Crippen molar-refractivity contribution in [1.82, 2.24) is 0 Å². The molecule has 0 saturated heterocycles. The monoisotopic (exact) mass is 560 g/mol. The molecule has 0 nitrogen and oxygen atoms in total. The Labute approximate surface area is 200 Å². The average molecular weight is 559 g/mol. The van der Waals surface area contributed by atoms with Crippen LogP contribution in [0.3, 0.4) is 0 Å². The summed E-state index contributed by atoms with van der Waals surface area (Å²) in [5.41, 5.74) is 2.56. The molecule has 0 saturated carbocycles. The van der Waals surface area contributed by atoms with E-state index in [1.54, 1.807) is 0 Å². The standard InChI is InChI=1S/C26H18Cl2Se2/c27-21-11-15-23(16-12-21)29-25(19-7-3-1-4-8-19)26(20-9-5-2-6-10-20)30-24-17-13-22(28)14-18-24/h1-18H/b26-25+. The molecule has 0 aliphatic rings. The summed E-state index contributed by atoms with van der Waals surface area (Å²) in [5.74, 6) is 0. The maximum absolute atomic E-state index is 6.13. The third kappa shape index (κ3) is 5.68. The Balaban J connectivity index is 1.86. The van der Waals surface area contributed by atoms with Gasteiger partial charge in [-0.1, -0.05) is 0 Å². The van der Waals surface area contributed by atoms with E-state index in [0.717, 1.165) is 10.0 Å². The van der Waals surface area contributed by atoms with Crippen LogP contribution in [0.1, 0.15) is 11.1 Å². The summed E-state index contributed by atoms with van der Waals surface area (Å²) < 4.78 is 5.44. The number of rotatable bonds is 6. The molecule has 0 radical (unpaired) electrons. The van der Waals surface area contributed by atoms with Gasteiger partial charge in [0, 0.05) is 0 Å². The number of benzene rings is 4. The summed E-state index contributed by atoms with van der Waals surface area (Å²) in [6.07, 6.45) is 0. The van der Waals surface area contributed by atoms with Gasteiger partial charge in [0.1, 0.15) is 0 Å². The van der Waals surface area contributed by atoms with Crippen molar-refractivity contribution < 1.29 is 0 Å². The summed E-state index contributed by atoms with van der Waals surface area (Å²) >= 11 is 12.6. The van der Waals surface area contributed by atoms with Gasteiger partial charge in [-0.15, -0.1) is 0 Å². The van der Waals surface area contributed by atoms with E-state index in [1.807, 2.05) is 24.3 Å². The zero-order valence-electron chi connectivity index (χ0n) is 16.0. The first kappa shape index (κ1) is 21.5. The first-order chi connectivity index (χ1) is 14.7. The van der Waals surface area contributed by atoms with E-state index in [9.17, 15) is 0 Å². The van der Waals surface area contributed by atoms with Crippen LogP contribution in [0.4, 0.5) is 0 Å². The van der Waals surface area contributed by atoms with Crippen LogP contribution in [0.25, 0.3) is 8.94 Å². The minimum absolute atomic E-state index is 0.144. The molecule has 0 heterocycles. The van der Waals surface area contributed by atoms with E-state index >= 15 is 0 Å². The fourth-order valence-corrected chi connectivity index (χ4v) is 8.13. The van der Waals surface area contributed by atoms with Crippen LogP contribution in [0.15, 0.2) is 109 Å². The van der Waals surface area contributed by atoms with Gasteiger partial charge < -0.3 is 0 Å². The quantitative estimate of drug-likeness (QED) is 0.205. The maximum atomic E-state index is 6.13. The molecule has 4 rings (SSSR count). The second-order valence-electron chi connectivity index (χ2n) is 6.50. The van der Waals surface area contributed by atoms with Crippen molar-refractivity contribution >= 4 is 71.0 Å². The Morgan fingerprint density at radius 3 is 1.10 bits per heavy atom. The van der Waals surface area contributed by atoms with Gasteiger partial charge in [-0.05, 0) is 0 Å². The molecule has 4 heteroatoms. The fourth-order valence-electron chi connectivity index (χ4n) is 2.89. The third-order valence-corrected chi connectivity index (χ3v) is 10.3. The zero-order valence-corrected chi connectivity index (χ0v) is 20.9. The van der Waals surface area contributed by atoms with E-state index in [0.29, 0.717) is 0 Å². The van der Waals surface area contributed by atoms with E-state index in [-0.39, 0.29) is 29.9 Å². The molecule has 0 bridgehead atoms. The Kier molecular flexibility index (Phi) is 7.52. The predicted molar refractivity (Wildman–Crippen MR) is 133 cm³/mol. The molecular formula is C26H18Cl2Se2. The van der Waals surface area contributed by atoms with Crippen LogP contribution in [0.2, 0.25) is 10.0 Å². The molecule has 148 valence electrons. The van der Waals surface area contributed by atoms with Crippen LogP contribution in [-0.4, -0.2) is 29.9 Å². The van der Waals surface area contributed by atoms with Gasteiger partial charge in [0.25, 0.3) is 0 Å². The van der Waals surface area contributed by atoms with Gasteiger partial charge in [-0.25, -0.2) is 0 Å². The first-order valence-corrected chi connectivity index (χ1v) is 13.6. The molecule has 0 N–H and O–H groups in total. The summed E-state index contributed by atoms with van der Waals surface area (Å²) in [4.78, 5) is 0. The molecule has 0 aromatic heterocycles. The fraction of sp³-hybridized carbons (Fsp3) is 0. The van der Waals surface area contributed by atoms with Crippen LogP contribution < -0.4 is 8.92 Å². The third-order valence-electron chi connectivity index (χ3n) is 4.35. The second kappa shape index (κ2) is 10.5. The molecule has 0 amide bonds. The van der Waals surface area contributed by atoms with Gasteiger partial charge in [0.2, 0.25) is 0 Å². The number of hydrogen-bond acceptors (Lipinski definition) is 0. The predicted octanol–water partition coefficient (Wildman–Crippen LogP) is 5.88. The van der Waals surface area contributed by atoms with E-state index < -0.39 is 0 Å². The molecule has 30 heavy (non-hydrogen) atoms. The second-order valence-corrected chi connectivity index (χ2v) is 11.9. The van der Waals surface area contributed by atoms with Crippen LogP contribution in [-0.2, 0) is 0 Å². The summed E-state index contributed by atoms with van der Waals surface area (Å²) in [7, 11) is 0. The first-order valence-electron chi connectivity index (χ1n) is 9.41. The topological polar surface area (TPSA) is 0 Å². The molecule has 0 fully saturated rings. The SMILES string of the molecule is Clc1ccc([Se]/C(=C(/[Se]c2ccc(Cl)cc2)c2ccccc2)c2ccccc2)cc1. The zero-order chi connectivity index (χ0) is 20.8. The number of halogens is 2. The van der Waals surface area contributed by atoms with E-state index in [2.05, 4.69) is 84.9 Å². The van der Waals surface area contributed by atoms with Crippen LogP contribution >= 0.6 is 23.2 Å². The van der Waals surface area contributed by atoms with Crippen molar-refractivity contribution in [2.75, 3.05) is 0 Å². The molecule has 0 aliphatic carbocycles. The molecular weight excluding hydrogens is 541 g/mol. The summed E-state index contributed by atoms with van der Waals surface area (Å²) in [6.45, 7) is 0. The minimum atomic E-state index is 0.144. The van der Waals surface area contributed by atoms with Crippen molar-refractivity contribution in [3.63, 3.8) is 0 Å². The Bertz CT molecular complexity index is 1030. The average Bonchev–Trinajstić information content (AvgIpc) is 2.80. The van der Waals surface area contributed by atoms with Crippen molar-refractivity contribution in [2.24, 2.45) is 0 Å². The Morgan fingerprint density at radius 1 is 0.433 bits per heavy atom.